The van der Waals surface area contributed by atoms with Gasteiger partial charge in [-0.25, -0.2) is 13.3 Å². The number of rotatable bonds is 1. The molecule has 0 radical (unpaired) electrons. The van der Waals surface area contributed by atoms with Gasteiger partial charge >= 0.3 is 0 Å². The molecule has 0 aromatic carbocycles. The number of nitrogens with zero attached hydrogens (tertiary/aromatic N) is 3. The molecule has 0 aliphatic carbocycles. The molecule has 0 aliphatic rings. The van der Waals surface area contributed by atoms with Crippen molar-refractivity contribution in [2.75, 3.05) is 0 Å². The average molecular weight is 295 g/mol. The van der Waals surface area contributed by atoms with Crippen LogP contribution in [-0.4, -0.2) is 14.6 Å². The van der Waals surface area contributed by atoms with Gasteiger partial charge in [0, 0.05) is 0 Å². The molecular weight excluding hydrogens is 291 g/mol. The summed E-state index contributed by atoms with van der Waals surface area (Å²) < 4.78 is 26.7. The molecule has 6 heteroatoms. The lowest BCUT2D eigenvalue weighted by Crippen LogP contribution is -1.95. The molecule has 0 amide bonds. The number of hydrogen-bond acceptors (Lipinski definition) is 2. The molecule has 0 bridgehead atoms. The minimum Gasteiger partial charge on any atom is -0.251 e. The molecule has 0 spiro atoms. The summed E-state index contributed by atoms with van der Waals surface area (Å²) >= 11 is 2.07. The Kier molecular flexibility index (Phi) is 2.14. The zero-order chi connectivity index (χ0) is 9.42. The lowest BCUT2D eigenvalue weighted by atomic mass is 10.4. The SMILES string of the molecule is FC(F)c1cn2ncc(I)c2cn1. The van der Waals surface area contributed by atoms with Crippen LogP contribution in [0.2, 0.25) is 0 Å². The smallest absolute Gasteiger partial charge is 0.251 e. The second-order valence-corrected chi connectivity index (χ2v) is 3.60. The molecule has 0 saturated carbocycles. The van der Waals surface area contributed by atoms with Crippen molar-refractivity contribution in [1.29, 1.82) is 0 Å². The highest BCUT2D eigenvalue weighted by molar-refractivity contribution is 14.1. The summed E-state index contributed by atoms with van der Waals surface area (Å²) in [5.41, 5.74) is 0.483. The van der Waals surface area contributed by atoms with Gasteiger partial charge in [0.1, 0.15) is 5.69 Å². The van der Waals surface area contributed by atoms with Gasteiger partial charge in [-0.3, -0.25) is 4.98 Å². The minimum absolute atomic E-state index is 0.257. The quantitative estimate of drug-likeness (QED) is 0.756. The molecule has 3 nitrogen and oxygen atoms in total. The van der Waals surface area contributed by atoms with Crippen molar-refractivity contribution in [3.8, 4) is 0 Å². The Labute approximate surface area is 85.9 Å². The molecule has 2 rings (SSSR count). The highest BCUT2D eigenvalue weighted by Gasteiger charge is 2.10. The van der Waals surface area contributed by atoms with Gasteiger partial charge in [-0.05, 0) is 22.6 Å². The van der Waals surface area contributed by atoms with Crippen LogP contribution in [0.5, 0.6) is 0 Å². The van der Waals surface area contributed by atoms with Gasteiger partial charge in [0.25, 0.3) is 6.43 Å². The van der Waals surface area contributed by atoms with Gasteiger partial charge in [0.05, 0.1) is 27.7 Å². The van der Waals surface area contributed by atoms with Crippen molar-refractivity contribution in [3.05, 3.63) is 27.9 Å². The Balaban J connectivity index is 2.63. The number of hydrogen-bond donors (Lipinski definition) is 0. The van der Waals surface area contributed by atoms with E-state index in [1.165, 1.54) is 16.9 Å². The van der Waals surface area contributed by atoms with Crippen molar-refractivity contribution in [3.63, 3.8) is 0 Å². The lowest BCUT2D eigenvalue weighted by Gasteiger charge is -1.98. The van der Waals surface area contributed by atoms with Crippen LogP contribution in [0.4, 0.5) is 8.78 Å². The summed E-state index contributed by atoms with van der Waals surface area (Å²) in [6.45, 7) is 0. The molecule has 0 unspecified atom stereocenters. The van der Waals surface area contributed by atoms with Gasteiger partial charge in [0.15, 0.2) is 0 Å². The Bertz CT molecular complexity index is 440. The van der Waals surface area contributed by atoms with Crippen molar-refractivity contribution in [2.45, 2.75) is 6.43 Å². The Morgan fingerprint density at radius 2 is 2.15 bits per heavy atom. The van der Waals surface area contributed by atoms with Gasteiger partial charge in [-0.2, -0.15) is 5.10 Å². The van der Waals surface area contributed by atoms with Crippen molar-refractivity contribution >= 4 is 28.1 Å². The maximum Gasteiger partial charge on any atom is 0.281 e. The molecule has 0 N–H and O–H groups in total. The third-order valence-electron chi connectivity index (χ3n) is 1.60. The second kappa shape index (κ2) is 3.17. The maximum absolute atomic E-state index is 12.2. The number of fused-ring (bicyclic) bond motifs is 1. The van der Waals surface area contributed by atoms with E-state index in [-0.39, 0.29) is 5.69 Å². The molecule has 0 atom stereocenters. The van der Waals surface area contributed by atoms with E-state index in [0.29, 0.717) is 0 Å². The highest BCUT2D eigenvalue weighted by Crippen LogP contribution is 2.18. The molecular formula is C7H4F2IN3. The van der Waals surface area contributed by atoms with Crippen molar-refractivity contribution in [1.82, 2.24) is 14.6 Å². The molecule has 0 aliphatic heterocycles. The first-order valence-corrected chi connectivity index (χ1v) is 4.53. The summed E-state index contributed by atoms with van der Waals surface area (Å²) in [7, 11) is 0. The summed E-state index contributed by atoms with van der Waals surface area (Å²) in [5.74, 6) is 0. The van der Waals surface area contributed by atoms with E-state index in [4.69, 9.17) is 0 Å². The topological polar surface area (TPSA) is 30.2 Å². The van der Waals surface area contributed by atoms with Crippen molar-refractivity contribution in [2.24, 2.45) is 0 Å². The first-order chi connectivity index (χ1) is 6.18. The van der Waals surface area contributed by atoms with Gasteiger partial charge in [-0.15, -0.1) is 0 Å². The van der Waals surface area contributed by atoms with Crippen LogP contribution in [0.15, 0.2) is 18.6 Å². The first-order valence-electron chi connectivity index (χ1n) is 3.45. The zero-order valence-corrected chi connectivity index (χ0v) is 8.44. The van der Waals surface area contributed by atoms with Crippen LogP contribution in [0, 0.1) is 3.57 Å². The fourth-order valence-electron chi connectivity index (χ4n) is 0.981. The molecule has 0 fully saturated rings. The normalized spacial score (nSPS) is 11.4. The van der Waals surface area contributed by atoms with Gasteiger partial charge in [0.2, 0.25) is 0 Å². The van der Waals surface area contributed by atoms with E-state index in [2.05, 4.69) is 32.7 Å². The number of aromatic nitrogens is 3. The number of alkyl halides is 2. The Morgan fingerprint density at radius 3 is 2.85 bits per heavy atom. The molecule has 68 valence electrons. The largest absolute Gasteiger partial charge is 0.281 e. The lowest BCUT2D eigenvalue weighted by molar-refractivity contribution is 0.145. The minimum atomic E-state index is -2.55. The summed E-state index contributed by atoms with van der Waals surface area (Å²) in [5, 5.41) is 3.90. The molecule has 2 aromatic rings. The number of halogens is 3. The van der Waals surface area contributed by atoms with E-state index < -0.39 is 6.43 Å². The Hall–Kier alpha value is -0.790. The van der Waals surface area contributed by atoms with E-state index in [1.807, 2.05) is 0 Å². The molecule has 2 aromatic heterocycles. The van der Waals surface area contributed by atoms with Gasteiger partial charge in [-0.1, -0.05) is 0 Å². The molecule has 13 heavy (non-hydrogen) atoms. The van der Waals surface area contributed by atoms with E-state index in [1.54, 1.807) is 6.20 Å². The third kappa shape index (κ3) is 1.50. The fourth-order valence-corrected chi connectivity index (χ4v) is 1.49. The van der Waals surface area contributed by atoms with Crippen LogP contribution in [-0.2, 0) is 0 Å². The van der Waals surface area contributed by atoms with E-state index in [9.17, 15) is 8.78 Å². The third-order valence-corrected chi connectivity index (χ3v) is 2.43. The first kappa shape index (κ1) is 8.79. The van der Waals surface area contributed by atoms with E-state index in [0.717, 1.165) is 9.09 Å². The van der Waals surface area contributed by atoms with E-state index >= 15 is 0 Å². The van der Waals surface area contributed by atoms with Crippen LogP contribution < -0.4 is 0 Å². The monoisotopic (exact) mass is 295 g/mol. The molecule has 0 saturated heterocycles. The zero-order valence-electron chi connectivity index (χ0n) is 6.28. The fraction of sp³-hybridized carbons (Fsp3) is 0.143. The standard InChI is InChI=1S/C7H4F2IN3/c8-7(9)5-3-13-6(2-11-5)4(10)1-12-13/h1-3,7H. The van der Waals surface area contributed by atoms with Crippen LogP contribution in [0.1, 0.15) is 12.1 Å². The summed E-state index contributed by atoms with van der Waals surface area (Å²) in [6, 6.07) is 0. The van der Waals surface area contributed by atoms with Crippen LogP contribution in [0.25, 0.3) is 5.52 Å². The van der Waals surface area contributed by atoms with Crippen LogP contribution in [0.3, 0.4) is 0 Å². The Morgan fingerprint density at radius 1 is 1.38 bits per heavy atom. The van der Waals surface area contributed by atoms with Crippen molar-refractivity contribution < 1.29 is 8.78 Å². The predicted molar refractivity (Wildman–Crippen MR) is 50.7 cm³/mol. The summed E-state index contributed by atoms with van der Waals surface area (Å²) in [4.78, 5) is 3.62. The van der Waals surface area contributed by atoms with Gasteiger partial charge < -0.3 is 0 Å². The summed E-state index contributed by atoms with van der Waals surface area (Å²) in [6.07, 6.45) is 1.69. The second-order valence-electron chi connectivity index (χ2n) is 2.44. The van der Waals surface area contributed by atoms with Crippen LogP contribution >= 0.6 is 22.6 Å². The maximum atomic E-state index is 12.2. The highest BCUT2D eigenvalue weighted by atomic mass is 127. The average Bonchev–Trinajstić information content (AvgIpc) is 2.47. The molecule has 2 heterocycles. The predicted octanol–water partition coefficient (Wildman–Crippen LogP) is 2.27.